The van der Waals surface area contributed by atoms with Crippen molar-refractivity contribution in [2.45, 2.75) is 79.1 Å². The number of carbonyl (C=O) groups excluding carboxylic acids is 2. The van der Waals surface area contributed by atoms with Gasteiger partial charge in [-0.05, 0) is 37.5 Å². The third kappa shape index (κ3) is 15.7. The number of carboxylic acid groups (broad SMARTS) is 2. The van der Waals surface area contributed by atoms with Gasteiger partial charge in [0.15, 0.2) is 0 Å². The molecule has 5 heteroatoms. The zero-order valence-electron chi connectivity index (χ0n) is 13.9. The molecule has 0 N–H and O–H groups in total. The number of carboxylic acids is 2. The van der Waals surface area contributed by atoms with E-state index in [2.05, 4.69) is 13.8 Å². The third-order valence-corrected chi connectivity index (χ3v) is 3.46. The molecule has 0 fully saturated rings. The summed E-state index contributed by atoms with van der Waals surface area (Å²) in [7, 11) is 0. The SMILES string of the molecule is CCCCC(CC)C(=O)[O-].CCCCC(CC)C(=O)[O-].[Ge]. The minimum absolute atomic E-state index is 0. The Balaban J connectivity index is -0.000000295. The van der Waals surface area contributed by atoms with Gasteiger partial charge in [0.2, 0.25) is 0 Å². The van der Waals surface area contributed by atoms with Crippen molar-refractivity contribution in [3.63, 3.8) is 0 Å². The van der Waals surface area contributed by atoms with Crippen LogP contribution in [-0.2, 0) is 9.59 Å². The van der Waals surface area contributed by atoms with E-state index in [0.29, 0.717) is 12.8 Å². The maximum atomic E-state index is 10.3. The van der Waals surface area contributed by atoms with Gasteiger partial charge < -0.3 is 19.8 Å². The predicted molar refractivity (Wildman–Crippen MR) is 82.4 cm³/mol. The van der Waals surface area contributed by atoms with Crippen LogP contribution in [0.15, 0.2) is 0 Å². The summed E-state index contributed by atoms with van der Waals surface area (Å²) in [6, 6.07) is 0. The van der Waals surface area contributed by atoms with Crippen LogP contribution >= 0.6 is 0 Å². The maximum Gasteiger partial charge on any atom is 0.0445 e. The molecule has 2 atom stereocenters. The van der Waals surface area contributed by atoms with Crippen LogP contribution < -0.4 is 10.2 Å². The average molecular weight is 359 g/mol. The summed E-state index contributed by atoms with van der Waals surface area (Å²) in [6.07, 6.45) is 7.04. The van der Waals surface area contributed by atoms with Crippen LogP contribution in [0.5, 0.6) is 0 Å². The monoisotopic (exact) mass is 360 g/mol. The van der Waals surface area contributed by atoms with Crippen molar-refractivity contribution in [3.8, 4) is 0 Å². The number of unbranched alkanes of at least 4 members (excludes halogenated alkanes) is 2. The first kappa shape index (κ1) is 25.4. The second-order valence-corrected chi connectivity index (χ2v) is 5.13. The zero-order valence-corrected chi connectivity index (χ0v) is 16.0. The van der Waals surface area contributed by atoms with Crippen LogP contribution in [0.25, 0.3) is 0 Å². The van der Waals surface area contributed by atoms with Crippen LogP contribution in [0.3, 0.4) is 0 Å². The molecule has 124 valence electrons. The summed E-state index contributed by atoms with van der Waals surface area (Å²) in [6.45, 7) is 7.89. The molecule has 0 saturated heterocycles. The number of carbonyl (C=O) groups is 2. The first-order chi connectivity index (χ1) is 9.44. The molecule has 0 aliphatic carbocycles. The van der Waals surface area contributed by atoms with Crippen LogP contribution in [0.1, 0.15) is 79.1 Å². The van der Waals surface area contributed by atoms with Gasteiger partial charge in [0.25, 0.3) is 0 Å². The Labute approximate surface area is 140 Å². The second kappa shape index (κ2) is 17.5. The van der Waals surface area contributed by atoms with Crippen LogP contribution in [0, 0.1) is 11.8 Å². The first-order valence-corrected chi connectivity index (χ1v) is 7.86. The average Bonchev–Trinajstić information content (AvgIpc) is 2.40. The number of hydrogen-bond donors (Lipinski definition) is 0. The summed E-state index contributed by atoms with van der Waals surface area (Å²) in [5.41, 5.74) is 0. The van der Waals surface area contributed by atoms with Crippen LogP contribution in [-0.4, -0.2) is 29.5 Å². The minimum Gasteiger partial charge on any atom is -0.550 e. The largest absolute Gasteiger partial charge is 0.550 e. The van der Waals surface area contributed by atoms with E-state index in [1.807, 2.05) is 13.8 Å². The van der Waals surface area contributed by atoms with E-state index in [9.17, 15) is 19.8 Å². The van der Waals surface area contributed by atoms with Crippen molar-refractivity contribution < 1.29 is 19.8 Å². The van der Waals surface area contributed by atoms with E-state index in [4.69, 9.17) is 0 Å². The minimum atomic E-state index is -0.893. The van der Waals surface area contributed by atoms with Gasteiger partial charge in [0.05, 0.1) is 0 Å². The maximum absolute atomic E-state index is 10.3. The third-order valence-electron chi connectivity index (χ3n) is 3.46. The standard InChI is InChI=1S/2C8H16O2.Ge/c2*1-3-5-6-7(4-2)8(9)10;/h2*7H,3-6H2,1-2H3,(H,9,10);/p-2. The molecule has 0 aliphatic rings. The van der Waals surface area contributed by atoms with Gasteiger partial charge in [-0.3, -0.25) is 0 Å². The molecule has 21 heavy (non-hydrogen) atoms. The summed E-state index contributed by atoms with van der Waals surface area (Å²) in [5, 5.41) is 20.7. The van der Waals surface area contributed by atoms with Crippen molar-refractivity contribution in [2.75, 3.05) is 0 Å². The molecule has 0 amide bonds. The van der Waals surface area contributed by atoms with E-state index < -0.39 is 11.9 Å². The predicted octanol–water partition coefficient (Wildman–Crippen LogP) is 1.52. The number of rotatable bonds is 10. The van der Waals surface area contributed by atoms with Crippen molar-refractivity contribution in [2.24, 2.45) is 11.8 Å². The summed E-state index contributed by atoms with van der Waals surface area (Å²) >= 11 is 0. The summed E-state index contributed by atoms with van der Waals surface area (Å²) in [4.78, 5) is 20.7. The molecule has 2 unspecified atom stereocenters. The fourth-order valence-corrected chi connectivity index (χ4v) is 1.88. The quantitative estimate of drug-likeness (QED) is 0.554. The van der Waals surface area contributed by atoms with Crippen LogP contribution in [0.2, 0.25) is 0 Å². The molecule has 0 heterocycles. The Kier molecular flexibility index (Phi) is 21.2. The van der Waals surface area contributed by atoms with Crippen molar-refractivity contribution in [3.05, 3.63) is 0 Å². The summed E-state index contributed by atoms with van der Waals surface area (Å²) < 4.78 is 0. The number of aliphatic carboxylic acids is 2. The molecule has 0 aromatic heterocycles. The number of hydrogen-bond acceptors (Lipinski definition) is 4. The fraction of sp³-hybridized carbons (Fsp3) is 0.875. The summed E-state index contributed by atoms with van der Waals surface area (Å²) in [5.74, 6) is -2.23. The molecule has 4 nitrogen and oxygen atoms in total. The normalized spacial score (nSPS) is 12.4. The first-order valence-electron chi connectivity index (χ1n) is 7.86. The van der Waals surface area contributed by atoms with Crippen LogP contribution in [0.4, 0.5) is 0 Å². The Hall–Kier alpha value is -0.517. The topological polar surface area (TPSA) is 80.3 Å². The Bertz CT molecular complexity index is 231. The van der Waals surface area contributed by atoms with Gasteiger partial charge in [-0.15, -0.1) is 0 Å². The van der Waals surface area contributed by atoms with E-state index in [0.717, 1.165) is 38.5 Å². The molecular weight excluding hydrogens is 329 g/mol. The molecule has 0 aromatic rings. The molecule has 0 rings (SSSR count). The van der Waals surface area contributed by atoms with Gasteiger partial charge in [-0.25, -0.2) is 0 Å². The molecule has 0 aliphatic heterocycles. The van der Waals surface area contributed by atoms with Crippen molar-refractivity contribution in [1.82, 2.24) is 0 Å². The Morgan fingerprint density at radius 1 is 0.762 bits per heavy atom. The van der Waals surface area contributed by atoms with Gasteiger partial charge in [-0.2, -0.15) is 0 Å². The van der Waals surface area contributed by atoms with Gasteiger partial charge in [0, 0.05) is 29.5 Å². The second-order valence-electron chi connectivity index (χ2n) is 5.13. The fourth-order valence-electron chi connectivity index (χ4n) is 1.88. The molecule has 4 radical (unpaired) electrons. The smallest absolute Gasteiger partial charge is 0.0445 e. The Morgan fingerprint density at radius 3 is 1.19 bits per heavy atom. The Morgan fingerprint density at radius 2 is 1.05 bits per heavy atom. The van der Waals surface area contributed by atoms with Crippen molar-refractivity contribution in [1.29, 1.82) is 0 Å². The van der Waals surface area contributed by atoms with Gasteiger partial charge >= 0.3 is 0 Å². The van der Waals surface area contributed by atoms with E-state index in [-0.39, 0.29) is 29.4 Å². The molecule has 0 saturated carbocycles. The van der Waals surface area contributed by atoms with Gasteiger partial charge in [0.1, 0.15) is 0 Å². The zero-order chi connectivity index (χ0) is 16.0. The van der Waals surface area contributed by atoms with E-state index in [1.165, 1.54) is 0 Å². The van der Waals surface area contributed by atoms with E-state index >= 15 is 0 Å². The van der Waals surface area contributed by atoms with Gasteiger partial charge in [-0.1, -0.05) is 53.4 Å². The molecular formula is C16H30GeO4-2. The van der Waals surface area contributed by atoms with Crippen molar-refractivity contribution >= 4 is 29.5 Å². The van der Waals surface area contributed by atoms with E-state index in [1.54, 1.807) is 0 Å². The molecule has 0 aromatic carbocycles. The molecule has 0 bridgehead atoms. The molecule has 0 spiro atoms.